The van der Waals surface area contributed by atoms with Crippen molar-refractivity contribution in [2.45, 2.75) is 19.3 Å². The molecule has 0 unspecified atom stereocenters. The summed E-state index contributed by atoms with van der Waals surface area (Å²) in [6.45, 7) is 0.717. The van der Waals surface area contributed by atoms with Crippen LogP contribution in [0.15, 0.2) is 30.5 Å². The molecule has 0 saturated heterocycles. The van der Waals surface area contributed by atoms with Gasteiger partial charge in [0.25, 0.3) is 0 Å². The molecule has 112 valence electrons. The molecule has 5 heteroatoms. The van der Waals surface area contributed by atoms with Gasteiger partial charge in [0.2, 0.25) is 5.91 Å². The molecule has 4 rings (SSSR count). The zero-order valence-corrected chi connectivity index (χ0v) is 11.9. The van der Waals surface area contributed by atoms with E-state index in [0.29, 0.717) is 30.0 Å². The molecule has 0 bridgehead atoms. The van der Waals surface area contributed by atoms with Crippen LogP contribution in [0.2, 0.25) is 0 Å². The lowest BCUT2D eigenvalue weighted by Gasteiger charge is -2.17. The molecule has 1 saturated carbocycles. The summed E-state index contributed by atoms with van der Waals surface area (Å²) in [4.78, 5) is 18.2. The molecule has 1 aliphatic heterocycles. The Balaban J connectivity index is 1.74. The van der Waals surface area contributed by atoms with E-state index in [1.54, 1.807) is 11.1 Å². The van der Waals surface area contributed by atoms with Gasteiger partial charge in [-0.1, -0.05) is 0 Å². The van der Waals surface area contributed by atoms with Gasteiger partial charge in [0.1, 0.15) is 11.6 Å². The molecule has 1 aliphatic carbocycles. The van der Waals surface area contributed by atoms with Gasteiger partial charge in [0.05, 0.1) is 17.8 Å². The van der Waals surface area contributed by atoms with E-state index < -0.39 is 11.6 Å². The van der Waals surface area contributed by atoms with Gasteiger partial charge in [0.15, 0.2) is 0 Å². The van der Waals surface area contributed by atoms with Crippen molar-refractivity contribution in [1.29, 1.82) is 0 Å². The highest BCUT2D eigenvalue weighted by Gasteiger charge is 2.33. The first-order valence-corrected chi connectivity index (χ1v) is 7.36. The molecular weight excluding hydrogens is 286 g/mol. The van der Waals surface area contributed by atoms with E-state index in [1.807, 2.05) is 6.07 Å². The Morgan fingerprint density at radius 3 is 2.50 bits per heavy atom. The molecule has 1 aromatic carbocycles. The summed E-state index contributed by atoms with van der Waals surface area (Å²) in [7, 11) is 0. The first-order chi connectivity index (χ1) is 10.6. The third-order valence-corrected chi connectivity index (χ3v) is 4.19. The van der Waals surface area contributed by atoms with E-state index in [-0.39, 0.29) is 5.91 Å². The van der Waals surface area contributed by atoms with Crippen LogP contribution in [0.25, 0.3) is 11.1 Å². The van der Waals surface area contributed by atoms with Crippen molar-refractivity contribution in [2.24, 2.45) is 5.92 Å². The van der Waals surface area contributed by atoms with Crippen molar-refractivity contribution in [2.75, 3.05) is 11.4 Å². The number of hydrogen-bond donors (Lipinski definition) is 0. The minimum Gasteiger partial charge on any atom is -0.310 e. The number of benzene rings is 1. The maximum Gasteiger partial charge on any atom is 0.233 e. The number of anilines is 1. The molecule has 0 spiro atoms. The molecule has 0 N–H and O–H groups in total. The van der Waals surface area contributed by atoms with Crippen LogP contribution < -0.4 is 4.90 Å². The molecular formula is C17H14F2N2O. The zero-order valence-electron chi connectivity index (χ0n) is 11.9. The summed E-state index contributed by atoms with van der Waals surface area (Å²) >= 11 is 0. The SMILES string of the molecule is O=C1Cc2ncc(-c3cc(F)cc(F)c3)cc2N1CC1CC1. The number of aromatic nitrogens is 1. The number of rotatable bonds is 3. The number of halogens is 2. The van der Waals surface area contributed by atoms with Crippen molar-refractivity contribution < 1.29 is 13.6 Å². The molecule has 2 aliphatic rings. The fraction of sp³-hybridized carbons (Fsp3) is 0.294. The van der Waals surface area contributed by atoms with E-state index in [9.17, 15) is 13.6 Å². The van der Waals surface area contributed by atoms with Gasteiger partial charge in [-0.2, -0.15) is 0 Å². The smallest absolute Gasteiger partial charge is 0.233 e. The van der Waals surface area contributed by atoms with Crippen molar-refractivity contribution >= 4 is 11.6 Å². The van der Waals surface area contributed by atoms with E-state index in [0.717, 1.165) is 30.3 Å². The number of pyridine rings is 1. The fourth-order valence-corrected chi connectivity index (χ4v) is 2.86. The summed E-state index contributed by atoms with van der Waals surface area (Å²) in [6.07, 6.45) is 4.18. The number of nitrogens with zero attached hydrogens (tertiary/aromatic N) is 2. The first-order valence-electron chi connectivity index (χ1n) is 7.36. The number of fused-ring (bicyclic) bond motifs is 1. The first kappa shape index (κ1) is 13.4. The quantitative estimate of drug-likeness (QED) is 0.871. The topological polar surface area (TPSA) is 33.2 Å². The number of amides is 1. The monoisotopic (exact) mass is 300 g/mol. The number of hydrogen-bond acceptors (Lipinski definition) is 2. The van der Waals surface area contributed by atoms with Gasteiger partial charge in [0, 0.05) is 24.4 Å². The average Bonchev–Trinajstić information content (AvgIpc) is 3.23. The Morgan fingerprint density at radius 2 is 1.82 bits per heavy atom. The van der Waals surface area contributed by atoms with E-state index in [2.05, 4.69) is 4.98 Å². The van der Waals surface area contributed by atoms with Crippen LogP contribution in [0, 0.1) is 17.6 Å². The van der Waals surface area contributed by atoms with Crippen LogP contribution in [0.3, 0.4) is 0 Å². The predicted octanol–water partition coefficient (Wildman–Crippen LogP) is 3.33. The van der Waals surface area contributed by atoms with Gasteiger partial charge in [-0.05, 0) is 42.5 Å². The van der Waals surface area contributed by atoms with Crippen LogP contribution >= 0.6 is 0 Å². The maximum absolute atomic E-state index is 13.4. The molecule has 1 aromatic heterocycles. The highest BCUT2D eigenvalue weighted by Crippen LogP contribution is 2.37. The van der Waals surface area contributed by atoms with Crippen molar-refractivity contribution in [3.05, 3.63) is 47.8 Å². The molecule has 1 amide bonds. The van der Waals surface area contributed by atoms with Crippen LogP contribution in [0.1, 0.15) is 18.5 Å². The number of carbonyl (C=O) groups is 1. The Kier molecular flexibility index (Phi) is 2.96. The Labute approximate surface area is 126 Å². The zero-order chi connectivity index (χ0) is 15.3. The summed E-state index contributed by atoms with van der Waals surface area (Å²) in [6, 6.07) is 5.19. The lowest BCUT2D eigenvalue weighted by molar-refractivity contribution is -0.117. The Morgan fingerprint density at radius 1 is 1.09 bits per heavy atom. The molecule has 0 radical (unpaired) electrons. The van der Waals surface area contributed by atoms with E-state index in [4.69, 9.17) is 0 Å². The summed E-state index contributed by atoms with van der Waals surface area (Å²) in [5.74, 6) is -0.620. The number of carbonyl (C=O) groups excluding carboxylic acids is 1. The normalized spacial score (nSPS) is 17.0. The molecule has 22 heavy (non-hydrogen) atoms. The largest absolute Gasteiger partial charge is 0.310 e. The van der Waals surface area contributed by atoms with Gasteiger partial charge >= 0.3 is 0 Å². The lowest BCUT2D eigenvalue weighted by atomic mass is 10.1. The molecule has 2 aromatic rings. The van der Waals surface area contributed by atoms with Crippen LogP contribution in [0.5, 0.6) is 0 Å². The minimum atomic E-state index is -0.624. The van der Waals surface area contributed by atoms with Gasteiger partial charge in [-0.25, -0.2) is 8.78 Å². The van der Waals surface area contributed by atoms with Gasteiger partial charge < -0.3 is 4.90 Å². The average molecular weight is 300 g/mol. The summed E-state index contributed by atoms with van der Waals surface area (Å²) < 4.78 is 26.8. The highest BCUT2D eigenvalue weighted by molar-refractivity contribution is 6.01. The predicted molar refractivity (Wildman–Crippen MR) is 78.4 cm³/mol. The lowest BCUT2D eigenvalue weighted by Crippen LogP contribution is -2.28. The molecule has 1 fully saturated rings. The third-order valence-electron chi connectivity index (χ3n) is 4.19. The third kappa shape index (κ3) is 2.36. The van der Waals surface area contributed by atoms with Gasteiger partial charge in [-0.15, -0.1) is 0 Å². The van der Waals surface area contributed by atoms with Crippen LogP contribution in [-0.4, -0.2) is 17.4 Å². The van der Waals surface area contributed by atoms with Crippen molar-refractivity contribution in [1.82, 2.24) is 4.98 Å². The second-order valence-corrected chi connectivity index (χ2v) is 5.97. The van der Waals surface area contributed by atoms with E-state index >= 15 is 0 Å². The van der Waals surface area contributed by atoms with Crippen LogP contribution in [0.4, 0.5) is 14.5 Å². The minimum absolute atomic E-state index is 0.0528. The molecule has 0 atom stereocenters. The fourth-order valence-electron chi connectivity index (χ4n) is 2.86. The maximum atomic E-state index is 13.4. The second kappa shape index (κ2) is 4.87. The molecule has 3 nitrogen and oxygen atoms in total. The second-order valence-electron chi connectivity index (χ2n) is 5.97. The Bertz CT molecular complexity index is 751. The van der Waals surface area contributed by atoms with Crippen molar-refractivity contribution in [3.63, 3.8) is 0 Å². The highest BCUT2D eigenvalue weighted by atomic mass is 19.1. The van der Waals surface area contributed by atoms with Crippen molar-refractivity contribution in [3.8, 4) is 11.1 Å². The van der Waals surface area contributed by atoms with Crippen LogP contribution in [-0.2, 0) is 11.2 Å². The summed E-state index contributed by atoms with van der Waals surface area (Å²) in [5, 5.41) is 0. The summed E-state index contributed by atoms with van der Waals surface area (Å²) in [5.41, 5.74) is 2.57. The Hall–Kier alpha value is -2.30. The van der Waals surface area contributed by atoms with E-state index in [1.165, 1.54) is 12.1 Å². The van der Waals surface area contributed by atoms with Gasteiger partial charge in [-0.3, -0.25) is 9.78 Å². The molecule has 2 heterocycles. The standard InChI is InChI=1S/C17H14F2N2O/c18-13-3-11(4-14(19)6-13)12-5-16-15(20-8-12)7-17(22)21(16)9-10-1-2-10/h3-6,8,10H,1-2,7,9H2.